The number of hydrogen-bond donors (Lipinski definition) is 1. The van der Waals surface area contributed by atoms with Crippen LogP contribution >= 0.6 is 0 Å². The Morgan fingerprint density at radius 1 is 1.31 bits per heavy atom. The molecule has 16 heavy (non-hydrogen) atoms. The topological polar surface area (TPSA) is 58.9 Å². The molecule has 1 aromatic heterocycles. The quantitative estimate of drug-likeness (QED) is 0.747. The first-order valence-corrected chi connectivity index (χ1v) is 6.08. The van der Waals surface area contributed by atoms with Crippen LogP contribution in [0, 0.1) is 11.8 Å². The molecule has 6 nitrogen and oxygen atoms in total. The summed E-state index contributed by atoms with van der Waals surface area (Å²) in [5, 5.41) is 16.0. The van der Waals surface area contributed by atoms with Gasteiger partial charge in [0.1, 0.15) is 0 Å². The molecular weight excluding hydrogens is 204 g/mol. The standard InChI is InChI=1S/C10H18N6/c1-2-16-13-10(12-14-16)15-6-8-3-9(7-15)5-11-4-8/h8-9,11H,2-7H2,1H3. The molecule has 88 valence electrons. The molecular formula is C10H18N6. The monoisotopic (exact) mass is 222 g/mol. The van der Waals surface area contributed by atoms with E-state index >= 15 is 0 Å². The maximum absolute atomic E-state index is 4.38. The van der Waals surface area contributed by atoms with Crippen molar-refractivity contribution in [3.8, 4) is 0 Å². The van der Waals surface area contributed by atoms with Crippen LogP contribution in [0.4, 0.5) is 5.95 Å². The number of piperidine rings is 2. The molecule has 0 aliphatic carbocycles. The van der Waals surface area contributed by atoms with Crippen LogP contribution in [0.2, 0.25) is 0 Å². The summed E-state index contributed by atoms with van der Waals surface area (Å²) in [6, 6.07) is 0. The Kier molecular flexibility index (Phi) is 2.51. The number of tetrazole rings is 1. The highest BCUT2D eigenvalue weighted by atomic mass is 15.6. The van der Waals surface area contributed by atoms with Crippen LogP contribution in [0.25, 0.3) is 0 Å². The summed E-state index contributed by atoms with van der Waals surface area (Å²) in [4.78, 5) is 3.94. The van der Waals surface area contributed by atoms with Gasteiger partial charge in [-0.1, -0.05) is 5.10 Å². The lowest BCUT2D eigenvalue weighted by Gasteiger charge is -2.41. The fourth-order valence-corrected chi connectivity index (χ4v) is 2.76. The van der Waals surface area contributed by atoms with Crippen LogP contribution in [0.1, 0.15) is 13.3 Å². The summed E-state index contributed by atoms with van der Waals surface area (Å²) in [7, 11) is 0. The average molecular weight is 222 g/mol. The highest BCUT2D eigenvalue weighted by Gasteiger charge is 2.31. The molecule has 0 spiro atoms. The second-order valence-corrected chi connectivity index (χ2v) is 4.81. The van der Waals surface area contributed by atoms with Crippen molar-refractivity contribution in [3.63, 3.8) is 0 Å². The van der Waals surface area contributed by atoms with Crippen molar-refractivity contribution in [1.82, 2.24) is 25.5 Å². The number of rotatable bonds is 2. The maximum Gasteiger partial charge on any atom is 0.266 e. The lowest BCUT2D eigenvalue weighted by atomic mass is 9.86. The molecule has 0 aromatic carbocycles. The van der Waals surface area contributed by atoms with E-state index in [2.05, 4.69) is 25.6 Å². The fraction of sp³-hybridized carbons (Fsp3) is 0.900. The van der Waals surface area contributed by atoms with Gasteiger partial charge in [0.05, 0.1) is 6.54 Å². The number of fused-ring (bicyclic) bond motifs is 2. The van der Waals surface area contributed by atoms with Crippen LogP contribution in [-0.4, -0.2) is 46.4 Å². The fourth-order valence-electron chi connectivity index (χ4n) is 2.76. The third-order valence-corrected chi connectivity index (χ3v) is 3.50. The third-order valence-electron chi connectivity index (χ3n) is 3.50. The normalized spacial score (nSPS) is 29.4. The van der Waals surface area contributed by atoms with Crippen LogP contribution < -0.4 is 10.2 Å². The number of nitrogens with zero attached hydrogens (tertiary/aromatic N) is 5. The van der Waals surface area contributed by atoms with E-state index in [-0.39, 0.29) is 0 Å². The van der Waals surface area contributed by atoms with Gasteiger partial charge in [-0.05, 0) is 43.5 Å². The minimum absolute atomic E-state index is 0.751. The number of hydrogen-bond acceptors (Lipinski definition) is 5. The smallest absolute Gasteiger partial charge is 0.266 e. The molecule has 1 aromatic rings. The van der Waals surface area contributed by atoms with E-state index in [4.69, 9.17) is 0 Å². The van der Waals surface area contributed by atoms with Crippen LogP contribution in [0.5, 0.6) is 0 Å². The Morgan fingerprint density at radius 3 is 2.69 bits per heavy atom. The van der Waals surface area contributed by atoms with Gasteiger partial charge in [-0.2, -0.15) is 4.80 Å². The summed E-state index contributed by atoms with van der Waals surface area (Å²) < 4.78 is 0. The predicted molar refractivity (Wildman–Crippen MR) is 60.2 cm³/mol. The number of anilines is 1. The van der Waals surface area contributed by atoms with Gasteiger partial charge < -0.3 is 10.2 Å². The minimum Gasteiger partial charge on any atom is -0.338 e. The molecule has 6 heteroatoms. The second kappa shape index (κ2) is 4.01. The third kappa shape index (κ3) is 1.77. The van der Waals surface area contributed by atoms with Gasteiger partial charge in [-0.25, -0.2) is 0 Å². The van der Waals surface area contributed by atoms with Crippen LogP contribution in [-0.2, 0) is 6.54 Å². The highest BCUT2D eigenvalue weighted by molar-refractivity contribution is 5.28. The first-order chi connectivity index (χ1) is 7.85. The Labute approximate surface area is 95.0 Å². The highest BCUT2D eigenvalue weighted by Crippen LogP contribution is 2.26. The maximum atomic E-state index is 4.38. The van der Waals surface area contributed by atoms with E-state index in [1.807, 2.05) is 6.92 Å². The largest absolute Gasteiger partial charge is 0.338 e. The van der Waals surface area contributed by atoms with Crippen LogP contribution in [0.15, 0.2) is 0 Å². The Morgan fingerprint density at radius 2 is 2.06 bits per heavy atom. The summed E-state index contributed by atoms with van der Waals surface area (Å²) in [5.41, 5.74) is 0. The molecule has 2 fully saturated rings. The van der Waals surface area contributed by atoms with Gasteiger partial charge >= 0.3 is 0 Å². The number of aryl methyl sites for hydroxylation is 1. The van der Waals surface area contributed by atoms with E-state index in [0.717, 1.165) is 50.5 Å². The van der Waals surface area contributed by atoms with Gasteiger partial charge in [-0.15, -0.1) is 5.10 Å². The van der Waals surface area contributed by atoms with Crippen molar-refractivity contribution in [3.05, 3.63) is 0 Å². The Bertz CT molecular complexity index is 350. The van der Waals surface area contributed by atoms with Crippen molar-refractivity contribution in [2.75, 3.05) is 31.1 Å². The average Bonchev–Trinajstić information content (AvgIpc) is 2.77. The molecule has 2 atom stereocenters. The van der Waals surface area contributed by atoms with E-state index < -0.39 is 0 Å². The van der Waals surface area contributed by atoms with Crippen molar-refractivity contribution in [2.24, 2.45) is 11.8 Å². The van der Waals surface area contributed by atoms with Crippen molar-refractivity contribution in [1.29, 1.82) is 0 Å². The first kappa shape index (κ1) is 10.0. The predicted octanol–water partition coefficient (Wildman–Crippen LogP) is -0.261. The van der Waals surface area contributed by atoms with Crippen LogP contribution in [0.3, 0.4) is 0 Å². The van der Waals surface area contributed by atoms with Crippen molar-refractivity contribution in [2.45, 2.75) is 19.9 Å². The molecule has 0 radical (unpaired) electrons. The lowest BCUT2D eigenvalue weighted by molar-refractivity contribution is 0.248. The number of nitrogens with one attached hydrogen (secondary N) is 1. The van der Waals surface area contributed by atoms with Gasteiger partial charge in [0.2, 0.25) is 0 Å². The summed E-state index contributed by atoms with van der Waals surface area (Å²) in [6.45, 7) is 7.22. The molecule has 3 rings (SSSR count). The second-order valence-electron chi connectivity index (χ2n) is 4.81. The van der Waals surface area contributed by atoms with E-state index in [1.54, 1.807) is 4.80 Å². The van der Waals surface area contributed by atoms with Crippen molar-refractivity contribution < 1.29 is 0 Å². The lowest BCUT2D eigenvalue weighted by Crippen LogP contribution is -2.51. The SMILES string of the molecule is CCn1nnc(N2CC3CNCC(C3)C2)n1. The molecule has 2 aliphatic rings. The molecule has 2 aliphatic heterocycles. The minimum atomic E-state index is 0.751. The van der Waals surface area contributed by atoms with Gasteiger partial charge in [-0.3, -0.25) is 0 Å². The molecule has 2 bridgehead atoms. The van der Waals surface area contributed by atoms with E-state index in [9.17, 15) is 0 Å². The molecule has 2 unspecified atom stereocenters. The molecule has 3 heterocycles. The Hall–Kier alpha value is -1.17. The van der Waals surface area contributed by atoms with Gasteiger partial charge in [0, 0.05) is 13.1 Å². The summed E-state index contributed by atoms with van der Waals surface area (Å²) >= 11 is 0. The Balaban J connectivity index is 1.74. The van der Waals surface area contributed by atoms with E-state index in [1.165, 1.54) is 6.42 Å². The van der Waals surface area contributed by atoms with Crippen molar-refractivity contribution >= 4 is 5.95 Å². The first-order valence-electron chi connectivity index (χ1n) is 6.08. The van der Waals surface area contributed by atoms with E-state index in [0.29, 0.717) is 0 Å². The molecule has 2 saturated heterocycles. The summed E-state index contributed by atoms with van der Waals surface area (Å²) in [5.74, 6) is 2.31. The summed E-state index contributed by atoms with van der Waals surface area (Å²) in [6.07, 6.45) is 1.35. The number of aromatic nitrogens is 4. The zero-order chi connectivity index (χ0) is 11.0. The molecule has 0 amide bonds. The van der Waals surface area contributed by atoms with Gasteiger partial charge in [0.15, 0.2) is 0 Å². The molecule has 1 N–H and O–H groups in total. The molecule has 0 saturated carbocycles. The van der Waals surface area contributed by atoms with Gasteiger partial charge in [0.25, 0.3) is 5.95 Å². The zero-order valence-electron chi connectivity index (χ0n) is 9.63. The zero-order valence-corrected chi connectivity index (χ0v) is 9.63.